The Bertz CT molecular complexity index is 475. The summed E-state index contributed by atoms with van der Waals surface area (Å²) in [4.78, 5) is 20.9. The van der Waals surface area contributed by atoms with Crippen LogP contribution in [0.15, 0.2) is 27.8 Å². The fourth-order valence-electron chi connectivity index (χ4n) is 0.992. The molecule has 14 heavy (non-hydrogen) atoms. The fourth-order valence-corrected chi connectivity index (χ4v) is 0.992. The lowest BCUT2D eigenvalue weighted by atomic mass is 10.3. The van der Waals surface area contributed by atoms with Crippen molar-refractivity contribution in [3.63, 3.8) is 0 Å². The predicted octanol–water partition coefficient (Wildman–Crippen LogP) is 0.433. The van der Waals surface area contributed by atoms with Crippen molar-refractivity contribution in [1.82, 2.24) is 15.0 Å². The lowest BCUT2D eigenvalue weighted by Gasteiger charge is -1.98. The van der Waals surface area contributed by atoms with Crippen LogP contribution in [0.5, 0.6) is 6.01 Å². The number of furan rings is 1. The summed E-state index contributed by atoms with van der Waals surface area (Å²) < 4.78 is 9.62. The van der Waals surface area contributed by atoms with Gasteiger partial charge in [0, 0.05) is 0 Å². The van der Waals surface area contributed by atoms with Crippen molar-refractivity contribution in [2.24, 2.45) is 0 Å². The quantitative estimate of drug-likeness (QED) is 0.748. The number of H-pyrrole nitrogens is 1. The van der Waals surface area contributed by atoms with Gasteiger partial charge in [0.05, 0.1) is 18.9 Å². The highest BCUT2D eigenvalue weighted by atomic mass is 16.5. The topological polar surface area (TPSA) is 81.0 Å². The van der Waals surface area contributed by atoms with Crippen molar-refractivity contribution < 1.29 is 9.15 Å². The molecule has 0 aromatic carbocycles. The summed E-state index contributed by atoms with van der Waals surface area (Å²) in [5, 5.41) is 0. The first-order valence-corrected chi connectivity index (χ1v) is 3.84. The summed E-state index contributed by atoms with van der Waals surface area (Å²) in [5.41, 5.74) is 0.163. The number of ether oxygens (including phenoxy) is 1. The lowest BCUT2D eigenvalue weighted by molar-refractivity contribution is 0.377. The number of aromatic amines is 1. The summed E-state index contributed by atoms with van der Waals surface area (Å²) in [7, 11) is 1.40. The standard InChI is InChI=1S/C8H7N3O3/c1-13-8-10-6(9-7(12)11-8)5-2-3-14-4-5/h2-4H,1H3,(H,9,10,11,12). The van der Waals surface area contributed by atoms with Gasteiger partial charge in [0.15, 0.2) is 0 Å². The van der Waals surface area contributed by atoms with Crippen LogP contribution in [0.4, 0.5) is 0 Å². The lowest BCUT2D eigenvalue weighted by Crippen LogP contribution is -2.13. The molecule has 0 saturated carbocycles. The molecule has 0 aliphatic carbocycles. The first-order valence-electron chi connectivity index (χ1n) is 3.84. The van der Waals surface area contributed by atoms with Crippen molar-refractivity contribution in [3.8, 4) is 17.4 Å². The summed E-state index contributed by atoms with van der Waals surface area (Å²) in [6.45, 7) is 0. The third-order valence-corrected chi connectivity index (χ3v) is 1.61. The number of aromatic nitrogens is 3. The number of hydrogen-bond donors (Lipinski definition) is 1. The van der Waals surface area contributed by atoms with Crippen molar-refractivity contribution >= 4 is 0 Å². The maximum Gasteiger partial charge on any atom is 0.351 e. The zero-order valence-electron chi connectivity index (χ0n) is 7.35. The number of methoxy groups -OCH3 is 1. The van der Waals surface area contributed by atoms with E-state index in [0.717, 1.165) is 0 Å². The van der Waals surface area contributed by atoms with Gasteiger partial charge in [0.25, 0.3) is 0 Å². The molecule has 0 aliphatic heterocycles. The third-order valence-electron chi connectivity index (χ3n) is 1.61. The Hall–Kier alpha value is -2.11. The van der Waals surface area contributed by atoms with Gasteiger partial charge in [-0.05, 0) is 6.07 Å². The fraction of sp³-hybridized carbons (Fsp3) is 0.125. The smallest absolute Gasteiger partial charge is 0.351 e. The molecule has 0 amide bonds. The van der Waals surface area contributed by atoms with Gasteiger partial charge in [0.1, 0.15) is 12.1 Å². The van der Waals surface area contributed by atoms with Crippen LogP contribution < -0.4 is 10.4 Å². The third kappa shape index (κ3) is 1.49. The zero-order valence-corrected chi connectivity index (χ0v) is 7.35. The highest BCUT2D eigenvalue weighted by Crippen LogP contribution is 2.14. The minimum atomic E-state index is -0.506. The molecule has 2 aromatic rings. The van der Waals surface area contributed by atoms with Gasteiger partial charge < -0.3 is 9.15 Å². The molecule has 0 saturated heterocycles. The van der Waals surface area contributed by atoms with E-state index in [1.807, 2.05) is 0 Å². The largest absolute Gasteiger partial charge is 0.472 e. The molecular formula is C8H7N3O3. The van der Waals surface area contributed by atoms with Gasteiger partial charge in [-0.15, -0.1) is 4.98 Å². The van der Waals surface area contributed by atoms with Crippen LogP contribution in [0, 0.1) is 0 Å². The molecular weight excluding hydrogens is 186 g/mol. The Morgan fingerprint density at radius 3 is 3.00 bits per heavy atom. The van der Waals surface area contributed by atoms with Crippen molar-refractivity contribution in [1.29, 1.82) is 0 Å². The first kappa shape index (κ1) is 8.49. The number of rotatable bonds is 2. The predicted molar refractivity (Wildman–Crippen MR) is 46.9 cm³/mol. The average molecular weight is 193 g/mol. The second-order valence-electron chi connectivity index (χ2n) is 2.50. The molecule has 0 unspecified atom stereocenters. The molecule has 1 N–H and O–H groups in total. The number of nitrogens with zero attached hydrogens (tertiary/aromatic N) is 2. The molecule has 6 heteroatoms. The van der Waals surface area contributed by atoms with Crippen LogP contribution in [-0.2, 0) is 0 Å². The second-order valence-corrected chi connectivity index (χ2v) is 2.50. The van der Waals surface area contributed by atoms with E-state index in [0.29, 0.717) is 11.4 Å². The van der Waals surface area contributed by atoms with Crippen molar-refractivity contribution in [2.45, 2.75) is 0 Å². The van der Waals surface area contributed by atoms with Crippen molar-refractivity contribution in [2.75, 3.05) is 7.11 Å². The van der Waals surface area contributed by atoms with Gasteiger partial charge >= 0.3 is 11.7 Å². The van der Waals surface area contributed by atoms with Crippen LogP contribution in [0.1, 0.15) is 0 Å². The molecule has 0 atom stereocenters. The monoisotopic (exact) mass is 193 g/mol. The molecule has 2 aromatic heterocycles. The van der Waals surface area contributed by atoms with Gasteiger partial charge in [-0.25, -0.2) is 4.79 Å². The van der Waals surface area contributed by atoms with Crippen LogP contribution in [0.25, 0.3) is 11.4 Å². The molecule has 2 rings (SSSR count). The summed E-state index contributed by atoms with van der Waals surface area (Å²) in [6.07, 6.45) is 2.96. The van der Waals surface area contributed by atoms with E-state index >= 15 is 0 Å². The van der Waals surface area contributed by atoms with E-state index in [1.54, 1.807) is 6.07 Å². The summed E-state index contributed by atoms with van der Waals surface area (Å²) in [6, 6.07) is 1.71. The second kappa shape index (κ2) is 3.33. The highest BCUT2D eigenvalue weighted by Gasteiger charge is 2.05. The van der Waals surface area contributed by atoms with Gasteiger partial charge in [-0.3, -0.25) is 4.98 Å². The molecule has 0 bridgehead atoms. The molecule has 0 aliphatic rings. The zero-order chi connectivity index (χ0) is 9.97. The SMILES string of the molecule is COc1nc(-c2ccoc2)[nH]c(=O)n1. The molecule has 2 heterocycles. The Morgan fingerprint density at radius 1 is 1.50 bits per heavy atom. The number of hydrogen-bond acceptors (Lipinski definition) is 5. The van der Waals surface area contributed by atoms with Gasteiger partial charge in [-0.2, -0.15) is 4.98 Å². The summed E-state index contributed by atoms with van der Waals surface area (Å²) in [5.74, 6) is 0.371. The van der Waals surface area contributed by atoms with E-state index < -0.39 is 5.69 Å². The normalized spacial score (nSPS) is 10.1. The Morgan fingerprint density at radius 2 is 2.36 bits per heavy atom. The minimum Gasteiger partial charge on any atom is -0.472 e. The number of nitrogens with one attached hydrogen (secondary N) is 1. The Kier molecular flexibility index (Phi) is 2.02. The van der Waals surface area contributed by atoms with Crippen LogP contribution in [0.2, 0.25) is 0 Å². The molecule has 0 radical (unpaired) electrons. The van der Waals surface area contributed by atoms with Crippen LogP contribution in [-0.4, -0.2) is 22.1 Å². The maximum absolute atomic E-state index is 11.0. The van der Waals surface area contributed by atoms with E-state index in [-0.39, 0.29) is 6.01 Å². The molecule has 6 nitrogen and oxygen atoms in total. The maximum atomic E-state index is 11.0. The minimum absolute atomic E-state index is 0.0324. The van der Waals surface area contributed by atoms with E-state index in [1.165, 1.54) is 19.6 Å². The van der Waals surface area contributed by atoms with E-state index in [4.69, 9.17) is 9.15 Å². The van der Waals surface area contributed by atoms with Gasteiger partial charge in [0.2, 0.25) is 0 Å². The van der Waals surface area contributed by atoms with Crippen molar-refractivity contribution in [3.05, 3.63) is 29.1 Å². The van der Waals surface area contributed by atoms with Crippen LogP contribution >= 0.6 is 0 Å². The molecule has 72 valence electrons. The average Bonchev–Trinajstić information content (AvgIpc) is 2.69. The highest BCUT2D eigenvalue weighted by molar-refractivity contribution is 5.51. The van der Waals surface area contributed by atoms with Crippen LogP contribution in [0.3, 0.4) is 0 Å². The Labute approximate surface area is 78.6 Å². The van der Waals surface area contributed by atoms with Gasteiger partial charge in [-0.1, -0.05) is 0 Å². The van der Waals surface area contributed by atoms with E-state index in [9.17, 15) is 4.79 Å². The summed E-state index contributed by atoms with van der Waals surface area (Å²) >= 11 is 0. The Balaban J connectivity index is 2.54. The first-order chi connectivity index (χ1) is 6.79. The molecule has 0 spiro atoms. The molecule has 0 fully saturated rings. The van der Waals surface area contributed by atoms with E-state index in [2.05, 4.69) is 15.0 Å².